The van der Waals surface area contributed by atoms with Crippen LogP contribution in [0, 0.1) is 5.92 Å². The van der Waals surface area contributed by atoms with Gasteiger partial charge in [0, 0.05) is 13.1 Å². The molecular formula is C14H16F2N4OS. The van der Waals surface area contributed by atoms with Gasteiger partial charge in [0.1, 0.15) is 12.1 Å². The number of alkyl halides is 2. The van der Waals surface area contributed by atoms with Gasteiger partial charge in [0.05, 0.1) is 22.7 Å². The lowest BCUT2D eigenvalue weighted by molar-refractivity contribution is -0.125. The van der Waals surface area contributed by atoms with Crippen molar-refractivity contribution in [2.24, 2.45) is 5.92 Å². The van der Waals surface area contributed by atoms with E-state index in [-0.39, 0.29) is 11.8 Å². The van der Waals surface area contributed by atoms with Crippen molar-refractivity contribution in [1.29, 1.82) is 0 Å². The second kappa shape index (κ2) is 6.51. The zero-order chi connectivity index (χ0) is 15.5. The molecule has 1 amide bonds. The molecule has 0 spiro atoms. The zero-order valence-electron chi connectivity index (χ0n) is 11.8. The summed E-state index contributed by atoms with van der Waals surface area (Å²) < 4.78 is 25.4. The number of hydrogen-bond donors (Lipinski definition) is 1. The Morgan fingerprint density at radius 1 is 1.50 bits per heavy atom. The minimum atomic E-state index is -2.52. The van der Waals surface area contributed by atoms with Crippen LogP contribution in [-0.4, -0.2) is 41.9 Å². The molecular weight excluding hydrogens is 310 g/mol. The van der Waals surface area contributed by atoms with Gasteiger partial charge in [-0.15, -0.1) is 11.3 Å². The molecule has 8 heteroatoms. The molecule has 2 aromatic heterocycles. The van der Waals surface area contributed by atoms with Crippen molar-refractivity contribution in [3.8, 4) is 0 Å². The molecule has 1 fully saturated rings. The largest absolute Gasteiger partial charge is 0.355 e. The molecule has 1 atom stereocenters. The maximum absolute atomic E-state index is 12.2. The lowest BCUT2D eigenvalue weighted by Crippen LogP contribution is -2.44. The molecule has 1 unspecified atom stereocenters. The SMILES string of the molecule is O=C(NCC(F)F)C1CCCN(c2ncnc3ccsc23)C1. The van der Waals surface area contributed by atoms with Gasteiger partial charge in [-0.1, -0.05) is 0 Å². The summed E-state index contributed by atoms with van der Waals surface area (Å²) in [7, 11) is 0. The van der Waals surface area contributed by atoms with E-state index in [9.17, 15) is 13.6 Å². The van der Waals surface area contributed by atoms with Gasteiger partial charge in [0.25, 0.3) is 6.43 Å². The van der Waals surface area contributed by atoms with Gasteiger partial charge in [0.15, 0.2) is 0 Å². The van der Waals surface area contributed by atoms with Crippen molar-refractivity contribution < 1.29 is 13.6 Å². The molecule has 0 aromatic carbocycles. The molecule has 0 bridgehead atoms. The van der Waals surface area contributed by atoms with Crippen LogP contribution >= 0.6 is 11.3 Å². The van der Waals surface area contributed by atoms with Crippen LogP contribution in [0.5, 0.6) is 0 Å². The Balaban J connectivity index is 1.73. The predicted octanol–water partition coefficient (Wildman–Crippen LogP) is 2.29. The maximum Gasteiger partial charge on any atom is 0.255 e. The van der Waals surface area contributed by atoms with E-state index in [0.29, 0.717) is 13.0 Å². The molecule has 0 radical (unpaired) electrons. The Hall–Kier alpha value is -1.83. The van der Waals surface area contributed by atoms with Gasteiger partial charge in [0.2, 0.25) is 5.91 Å². The summed E-state index contributed by atoms with van der Waals surface area (Å²) in [5, 5.41) is 4.27. The lowest BCUT2D eigenvalue weighted by atomic mass is 9.97. The highest BCUT2D eigenvalue weighted by molar-refractivity contribution is 7.17. The van der Waals surface area contributed by atoms with Crippen LogP contribution in [0.4, 0.5) is 14.6 Å². The average Bonchev–Trinajstić information content (AvgIpc) is 3.01. The summed E-state index contributed by atoms with van der Waals surface area (Å²) in [6.45, 7) is 0.722. The van der Waals surface area contributed by atoms with Crippen LogP contribution in [0.1, 0.15) is 12.8 Å². The summed E-state index contributed by atoms with van der Waals surface area (Å²) in [5.74, 6) is 0.241. The number of nitrogens with zero attached hydrogens (tertiary/aromatic N) is 3. The summed E-state index contributed by atoms with van der Waals surface area (Å²) in [4.78, 5) is 22.6. The van der Waals surface area contributed by atoms with E-state index < -0.39 is 13.0 Å². The van der Waals surface area contributed by atoms with Gasteiger partial charge in [-0.05, 0) is 24.3 Å². The van der Waals surface area contributed by atoms with Crippen molar-refractivity contribution >= 4 is 33.3 Å². The number of nitrogens with one attached hydrogen (secondary N) is 1. The number of amides is 1. The Kier molecular flexibility index (Phi) is 4.47. The fourth-order valence-corrected chi connectivity index (χ4v) is 3.57. The zero-order valence-corrected chi connectivity index (χ0v) is 12.7. The number of anilines is 1. The molecule has 1 aliphatic heterocycles. The number of piperidine rings is 1. The number of halogens is 2. The fourth-order valence-electron chi connectivity index (χ4n) is 2.71. The highest BCUT2D eigenvalue weighted by Crippen LogP contribution is 2.30. The molecule has 2 aromatic rings. The molecule has 3 rings (SSSR count). The van der Waals surface area contributed by atoms with E-state index in [1.165, 1.54) is 6.33 Å². The van der Waals surface area contributed by atoms with Crippen LogP contribution in [0.25, 0.3) is 10.2 Å². The monoisotopic (exact) mass is 326 g/mol. The first kappa shape index (κ1) is 15.1. The van der Waals surface area contributed by atoms with E-state index in [1.54, 1.807) is 11.3 Å². The Labute approximate surface area is 130 Å². The minimum Gasteiger partial charge on any atom is -0.355 e. The standard InChI is InChI=1S/C14H16F2N4OS/c15-11(16)6-17-14(21)9-2-1-4-20(7-9)13-12-10(3-5-22-12)18-8-19-13/h3,5,8-9,11H,1-2,4,6-7H2,(H,17,21). The first-order valence-corrected chi connectivity index (χ1v) is 8.02. The first-order chi connectivity index (χ1) is 10.6. The van der Waals surface area contributed by atoms with Crippen LogP contribution < -0.4 is 10.2 Å². The lowest BCUT2D eigenvalue weighted by Gasteiger charge is -2.33. The molecule has 22 heavy (non-hydrogen) atoms. The third kappa shape index (κ3) is 3.16. The number of hydrogen-bond acceptors (Lipinski definition) is 5. The minimum absolute atomic E-state index is 0.280. The Bertz CT molecular complexity index is 663. The van der Waals surface area contributed by atoms with Crippen molar-refractivity contribution in [2.75, 3.05) is 24.5 Å². The van der Waals surface area contributed by atoms with Gasteiger partial charge >= 0.3 is 0 Å². The van der Waals surface area contributed by atoms with Crippen LogP contribution in [0.3, 0.4) is 0 Å². The highest BCUT2D eigenvalue weighted by atomic mass is 32.1. The van der Waals surface area contributed by atoms with E-state index in [4.69, 9.17) is 0 Å². The van der Waals surface area contributed by atoms with Crippen LogP contribution in [-0.2, 0) is 4.79 Å². The molecule has 3 heterocycles. The number of aromatic nitrogens is 2. The molecule has 118 valence electrons. The second-order valence-corrected chi connectivity index (χ2v) is 6.17. The highest BCUT2D eigenvalue weighted by Gasteiger charge is 2.27. The topological polar surface area (TPSA) is 58.1 Å². The van der Waals surface area contributed by atoms with Crippen molar-refractivity contribution in [3.05, 3.63) is 17.8 Å². The molecule has 1 N–H and O–H groups in total. The molecule has 5 nitrogen and oxygen atoms in total. The quantitative estimate of drug-likeness (QED) is 0.936. The first-order valence-electron chi connectivity index (χ1n) is 7.14. The summed E-state index contributed by atoms with van der Waals surface area (Å²) in [6, 6.07) is 1.93. The number of rotatable bonds is 4. The fraction of sp³-hybridized carbons (Fsp3) is 0.500. The third-order valence-electron chi connectivity index (χ3n) is 3.75. The maximum atomic E-state index is 12.2. The van der Waals surface area contributed by atoms with Gasteiger partial charge in [-0.2, -0.15) is 0 Å². The summed E-state index contributed by atoms with van der Waals surface area (Å²) in [6.07, 6.45) is 0.551. The average molecular weight is 326 g/mol. The van der Waals surface area contributed by atoms with Crippen molar-refractivity contribution in [1.82, 2.24) is 15.3 Å². The molecule has 0 aliphatic carbocycles. The smallest absolute Gasteiger partial charge is 0.255 e. The third-order valence-corrected chi connectivity index (χ3v) is 4.65. The van der Waals surface area contributed by atoms with E-state index in [2.05, 4.69) is 20.2 Å². The van der Waals surface area contributed by atoms with Crippen molar-refractivity contribution in [3.63, 3.8) is 0 Å². The van der Waals surface area contributed by atoms with E-state index in [0.717, 1.165) is 29.0 Å². The number of carbonyl (C=O) groups is 1. The van der Waals surface area contributed by atoms with Crippen molar-refractivity contribution in [2.45, 2.75) is 19.3 Å². The molecule has 0 saturated carbocycles. The predicted molar refractivity (Wildman–Crippen MR) is 81.4 cm³/mol. The second-order valence-electron chi connectivity index (χ2n) is 5.25. The van der Waals surface area contributed by atoms with Gasteiger partial charge < -0.3 is 10.2 Å². The summed E-state index contributed by atoms with van der Waals surface area (Å²) >= 11 is 1.56. The van der Waals surface area contributed by atoms with E-state index >= 15 is 0 Å². The number of carbonyl (C=O) groups excluding carboxylic acids is 1. The van der Waals surface area contributed by atoms with Crippen LogP contribution in [0.2, 0.25) is 0 Å². The molecule has 1 aliphatic rings. The van der Waals surface area contributed by atoms with Gasteiger partial charge in [-0.25, -0.2) is 18.7 Å². The Morgan fingerprint density at radius 2 is 2.36 bits per heavy atom. The van der Waals surface area contributed by atoms with Crippen LogP contribution in [0.15, 0.2) is 17.8 Å². The number of fused-ring (bicyclic) bond motifs is 1. The van der Waals surface area contributed by atoms with E-state index in [1.807, 2.05) is 11.4 Å². The molecule has 1 saturated heterocycles. The summed E-state index contributed by atoms with van der Waals surface area (Å²) in [5.41, 5.74) is 0.888. The normalized spacial score (nSPS) is 18.9. The number of thiophene rings is 1. The van der Waals surface area contributed by atoms with Gasteiger partial charge in [-0.3, -0.25) is 4.79 Å². The Morgan fingerprint density at radius 3 is 3.18 bits per heavy atom.